The van der Waals surface area contributed by atoms with Gasteiger partial charge in [0.1, 0.15) is 15.9 Å². The molecule has 0 radical (unpaired) electrons. The Balaban J connectivity index is 1.98. The van der Waals surface area contributed by atoms with Crippen LogP contribution in [0.15, 0.2) is 41.1 Å². The summed E-state index contributed by atoms with van der Waals surface area (Å²) in [7, 11) is -10.8. The molecule has 1 unspecified atom stereocenters. The standard InChI is InChI=1S/C13H17F5N2OS2/c1-2-22(21)20-9-7-19(8-10-20)11-12-3-5-13(6-4-12)23(14,15,16,17)18/h2-6H,1,7-11H2. The molecule has 0 spiro atoms. The summed E-state index contributed by atoms with van der Waals surface area (Å²) in [4.78, 5) is 0.0888. The Bertz CT molecular complexity index is 609. The number of nitrogens with zero attached hydrogens (tertiary/aromatic N) is 2. The highest BCUT2D eigenvalue weighted by Crippen LogP contribution is 3.02. The van der Waals surface area contributed by atoms with E-state index in [1.54, 1.807) is 4.31 Å². The predicted molar refractivity (Wildman–Crippen MR) is 83.0 cm³/mol. The fraction of sp³-hybridized carbons (Fsp3) is 0.385. The smallest absolute Gasteiger partial charge is 0.296 e. The minimum absolute atomic E-state index is 0.356. The SMILES string of the molecule is C=CS(=O)N1CCN(Cc2ccc(S(F)(F)(F)(F)F)cc2)CC1. The van der Waals surface area contributed by atoms with E-state index >= 15 is 0 Å². The molecule has 0 aromatic heterocycles. The first-order valence-electron chi connectivity index (χ1n) is 6.72. The van der Waals surface area contributed by atoms with E-state index in [-0.39, 0.29) is 0 Å². The van der Waals surface area contributed by atoms with E-state index in [1.165, 1.54) is 5.41 Å². The van der Waals surface area contributed by atoms with Crippen LogP contribution in [-0.4, -0.2) is 39.6 Å². The van der Waals surface area contributed by atoms with Gasteiger partial charge < -0.3 is 0 Å². The van der Waals surface area contributed by atoms with Gasteiger partial charge in [-0.05, 0) is 17.7 Å². The molecule has 3 nitrogen and oxygen atoms in total. The first kappa shape index (κ1) is 18.4. The van der Waals surface area contributed by atoms with Crippen molar-refractivity contribution in [1.29, 1.82) is 0 Å². The van der Waals surface area contributed by atoms with Crippen LogP contribution in [0, 0.1) is 0 Å². The zero-order chi connectivity index (χ0) is 17.4. The molecular weight excluding hydrogens is 359 g/mol. The van der Waals surface area contributed by atoms with Crippen LogP contribution in [0.5, 0.6) is 0 Å². The molecule has 1 aromatic rings. The highest BCUT2D eigenvalue weighted by atomic mass is 32.5. The lowest BCUT2D eigenvalue weighted by atomic mass is 10.2. The maximum absolute atomic E-state index is 12.6. The Morgan fingerprint density at radius 2 is 1.57 bits per heavy atom. The molecule has 0 saturated carbocycles. The molecule has 0 bridgehead atoms. The van der Waals surface area contributed by atoms with E-state index in [9.17, 15) is 23.6 Å². The van der Waals surface area contributed by atoms with Gasteiger partial charge >= 0.3 is 10.2 Å². The van der Waals surface area contributed by atoms with Crippen molar-refractivity contribution >= 4 is 21.2 Å². The molecule has 132 valence electrons. The third-order valence-electron chi connectivity index (χ3n) is 3.50. The lowest BCUT2D eigenvalue weighted by molar-refractivity contribution is 0.186. The van der Waals surface area contributed by atoms with Gasteiger partial charge in [-0.2, -0.15) is 0 Å². The predicted octanol–water partition coefficient (Wildman–Crippen LogP) is 4.27. The second kappa shape index (κ2) is 5.54. The van der Waals surface area contributed by atoms with Gasteiger partial charge in [0.05, 0.1) is 0 Å². The molecule has 1 aliphatic heterocycles. The Morgan fingerprint density at radius 1 is 1.04 bits per heavy atom. The van der Waals surface area contributed by atoms with Gasteiger partial charge in [-0.15, -0.1) is 0 Å². The second-order valence-corrected chi connectivity index (χ2v) is 9.07. The molecule has 1 heterocycles. The minimum Gasteiger partial charge on any atom is -0.296 e. The highest BCUT2D eigenvalue weighted by molar-refractivity contribution is 8.45. The largest absolute Gasteiger partial charge is 0.310 e. The van der Waals surface area contributed by atoms with E-state index in [2.05, 4.69) is 6.58 Å². The van der Waals surface area contributed by atoms with Crippen molar-refractivity contribution in [2.75, 3.05) is 26.2 Å². The number of rotatable bonds is 5. The van der Waals surface area contributed by atoms with Crippen LogP contribution in [0.25, 0.3) is 0 Å². The van der Waals surface area contributed by atoms with Crippen molar-refractivity contribution in [3.8, 4) is 0 Å². The van der Waals surface area contributed by atoms with Crippen molar-refractivity contribution < 1.29 is 23.6 Å². The van der Waals surface area contributed by atoms with E-state index < -0.39 is 26.1 Å². The first-order valence-corrected chi connectivity index (χ1v) is 9.85. The normalized spacial score (nSPS) is 22.1. The fourth-order valence-electron chi connectivity index (χ4n) is 2.28. The highest BCUT2D eigenvalue weighted by Gasteiger charge is 2.65. The van der Waals surface area contributed by atoms with E-state index in [0.717, 1.165) is 12.1 Å². The Kier molecular flexibility index (Phi) is 4.42. The van der Waals surface area contributed by atoms with Crippen LogP contribution in [0.3, 0.4) is 0 Å². The molecule has 0 aliphatic carbocycles. The summed E-state index contributed by atoms with van der Waals surface area (Å²) in [6, 6.07) is 3.00. The van der Waals surface area contributed by atoms with Gasteiger partial charge in [-0.25, -0.2) is 8.51 Å². The molecular formula is C13H17F5N2OS2. The molecule has 1 atom stereocenters. The molecule has 1 aromatic carbocycles. The first-order chi connectivity index (χ1) is 10.4. The van der Waals surface area contributed by atoms with Crippen molar-refractivity contribution in [1.82, 2.24) is 9.21 Å². The Morgan fingerprint density at radius 3 is 2.00 bits per heavy atom. The molecule has 23 heavy (non-hydrogen) atoms. The van der Waals surface area contributed by atoms with Crippen LogP contribution < -0.4 is 0 Å². The Hall–Kier alpha value is -0.970. The van der Waals surface area contributed by atoms with Gasteiger partial charge in [0, 0.05) is 38.1 Å². The van der Waals surface area contributed by atoms with E-state index in [1.807, 2.05) is 4.90 Å². The lowest BCUT2D eigenvalue weighted by Gasteiger charge is -2.40. The van der Waals surface area contributed by atoms with Gasteiger partial charge in [0.25, 0.3) is 0 Å². The summed E-state index contributed by atoms with van der Waals surface area (Å²) < 4.78 is 76.5. The van der Waals surface area contributed by atoms with Crippen molar-refractivity contribution in [2.45, 2.75) is 11.4 Å². The molecule has 1 aliphatic rings. The topological polar surface area (TPSA) is 23.6 Å². The fourth-order valence-corrected chi connectivity index (χ4v) is 3.67. The number of benzene rings is 1. The maximum atomic E-state index is 12.6. The Labute approximate surface area is 134 Å². The summed E-state index contributed by atoms with van der Waals surface area (Å²) >= 11 is 0. The molecule has 1 fully saturated rings. The molecule has 2 rings (SSSR count). The number of hydrogen-bond acceptors (Lipinski definition) is 2. The quantitative estimate of drug-likeness (QED) is 0.717. The summed E-state index contributed by atoms with van der Waals surface area (Å²) in [5.41, 5.74) is 0.522. The third-order valence-corrected chi connectivity index (χ3v) is 5.83. The van der Waals surface area contributed by atoms with Crippen LogP contribution in [0.2, 0.25) is 0 Å². The van der Waals surface area contributed by atoms with Crippen LogP contribution in [-0.2, 0) is 17.5 Å². The summed E-state index contributed by atoms with van der Waals surface area (Å²) in [6.45, 7) is 6.07. The summed E-state index contributed by atoms with van der Waals surface area (Å²) in [5.74, 6) is 0. The number of hydrogen-bond donors (Lipinski definition) is 0. The van der Waals surface area contributed by atoms with Gasteiger partial charge in [-0.3, -0.25) is 4.90 Å². The summed E-state index contributed by atoms with van der Waals surface area (Å²) in [5, 5.41) is 1.34. The third kappa shape index (κ3) is 5.00. The molecule has 0 amide bonds. The van der Waals surface area contributed by atoms with Crippen LogP contribution in [0.1, 0.15) is 5.56 Å². The van der Waals surface area contributed by atoms with Crippen molar-refractivity contribution in [2.24, 2.45) is 0 Å². The zero-order valence-corrected chi connectivity index (χ0v) is 13.8. The maximum Gasteiger partial charge on any atom is 0.310 e. The van der Waals surface area contributed by atoms with E-state index in [0.29, 0.717) is 50.4 Å². The second-order valence-electron chi connectivity index (χ2n) is 5.26. The molecule has 0 N–H and O–H groups in total. The monoisotopic (exact) mass is 376 g/mol. The molecule has 10 heteroatoms. The molecule has 1 saturated heterocycles. The summed E-state index contributed by atoms with van der Waals surface area (Å²) in [6.07, 6.45) is 0. The van der Waals surface area contributed by atoms with Crippen LogP contribution >= 0.6 is 10.2 Å². The average Bonchev–Trinajstić information content (AvgIpc) is 2.45. The number of piperazine rings is 1. The number of halogens is 5. The van der Waals surface area contributed by atoms with Gasteiger partial charge in [-0.1, -0.05) is 38.1 Å². The van der Waals surface area contributed by atoms with E-state index in [4.69, 9.17) is 0 Å². The lowest BCUT2D eigenvalue weighted by Crippen LogP contribution is -2.45. The van der Waals surface area contributed by atoms with Gasteiger partial charge in [0.15, 0.2) is 0 Å². The van der Waals surface area contributed by atoms with Gasteiger partial charge in [0.2, 0.25) is 0 Å². The zero-order valence-electron chi connectivity index (χ0n) is 12.1. The van der Waals surface area contributed by atoms with Crippen LogP contribution in [0.4, 0.5) is 19.4 Å². The minimum atomic E-state index is -9.60. The van der Waals surface area contributed by atoms with Crippen molar-refractivity contribution in [3.63, 3.8) is 0 Å². The average molecular weight is 376 g/mol. The van der Waals surface area contributed by atoms with Crippen molar-refractivity contribution in [3.05, 3.63) is 41.8 Å².